The summed E-state index contributed by atoms with van der Waals surface area (Å²) < 4.78 is 5.52. The van der Waals surface area contributed by atoms with Crippen LogP contribution in [0.15, 0.2) is 48.8 Å². The Morgan fingerprint density at radius 2 is 1.88 bits per heavy atom. The first-order valence-corrected chi connectivity index (χ1v) is 7.95. The highest BCUT2D eigenvalue weighted by Crippen LogP contribution is 2.10. The fourth-order valence-corrected chi connectivity index (χ4v) is 2.17. The lowest BCUT2D eigenvalue weighted by atomic mass is 9.98. The Kier molecular flexibility index (Phi) is 9.74. The highest BCUT2D eigenvalue weighted by molar-refractivity contribution is 5.82. The first kappa shape index (κ1) is 20.5. The molecule has 0 aliphatic rings. The van der Waals surface area contributed by atoms with Crippen molar-refractivity contribution in [1.82, 2.24) is 4.98 Å². The van der Waals surface area contributed by atoms with Crippen LogP contribution < -0.4 is 5.73 Å². The zero-order valence-electron chi connectivity index (χ0n) is 14.3. The molecule has 6 nitrogen and oxygen atoms in total. The first-order chi connectivity index (χ1) is 12.1. The summed E-state index contributed by atoms with van der Waals surface area (Å²) in [7, 11) is 0. The van der Waals surface area contributed by atoms with Gasteiger partial charge in [-0.3, -0.25) is 14.6 Å². The zero-order valence-corrected chi connectivity index (χ0v) is 14.3. The summed E-state index contributed by atoms with van der Waals surface area (Å²) in [6.45, 7) is 2.79. The molecule has 6 heteroatoms. The zero-order chi connectivity index (χ0) is 18.5. The van der Waals surface area contributed by atoms with Crippen LogP contribution in [0.1, 0.15) is 23.6 Å². The van der Waals surface area contributed by atoms with Gasteiger partial charge in [0.2, 0.25) is 0 Å². The minimum absolute atomic E-state index is 0.0659. The number of carbonyl (C=O) groups excluding carboxylic acids is 1. The number of ketones is 1. The molecule has 0 aliphatic heterocycles. The molecule has 2 rings (SSSR count). The van der Waals surface area contributed by atoms with E-state index in [1.807, 2.05) is 43.3 Å². The van der Waals surface area contributed by atoms with E-state index in [1.54, 1.807) is 12.4 Å². The van der Waals surface area contributed by atoms with Gasteiger partial charge in [0.15, 0.2) is 5.78 Å². The molecule has 1 aromatic carbocycles. The van der Waals surface area contributed by atoms with Crippen molar-refractivity contribution in [3.05, 3.63) is 65.5 Å². The molecular weight excluding hydrogens is 320 g/mol. The number of nitrogens with zero attached hydrogens (tertiary/aromatic N) is 1. The van der Waals surface area contributed by atoms with Crippen molar-refractivity contribution in [3.63, 3.8) is 0 Å². The Morgan fingerprint density at radius 1 is 1.24 bits per heavy atom. The Balaban J connectivity index is 0.000000970. The Hall–Kier alpha value is -2.57. The van der Waals surface area contributed by atoms with Crippen LogP contribution in [0.25, 0.3) is 0 Å². The second-order valence-electron chi connectivity index (χ2n) is 5.55. The van der Waals surface area contributed by atoms with Gasteiger partial charge in [-0.1, -0.05) is 37.3 Å². The average Bonchev–Trinajstić information content (AvgIpc) is 2.63. The van der Waals surface area contributed by atoms with Crippen LogP contribution in [0.3, 0.4) is 0 Å². The van der Waals surface area contributed by atoms with Crippen molar-refractivity contribution in [3.8, 4) is 0 Å². The maximum Gasteiger partial charge on any atom is 0.290 e. The minimum Gasteiger partial charge on any atom is -0.483 e. The van der Waals surface area contributed by atoms with Crippen LogP contribution in [-0.2, 0) is 33.9 Å². The number of hydrogen-bond acceptors (Lipinski definition) is 5. The smallest absolute Gasteiger partial charge is 0.290 e. The van der Waals surface area contributed by atoms with Gasteiger partial charge in [-0.15, -0.1) is 0 Å². The molecule has 134 valence electrons. The van der Waals surface area contributed by atoms with Gasteiger partial charge in [-0.25, -0.2) is 0 Å². The fraction of sp³-hybridized carbons (Fsp3) is 0.316. The SMILES string of the molecule is C[C@H](Cc1cccnc1)C(=O)COCc1ccc(CN)cc1.O=CO. The molecule has 0 bridgehead atoms. The molecule has 0 fully saturated rings. The van der Waals surface area contributed by atoms with E-state index < -0.39 is 0 Å². The lowest BCUT2D eigenvalue weighted by Crippen LogP contribution is -2.19. The number of carboxylic acid groups (broad SMARTS) is 1. The number of nitrogens with two attached hydrogens (primary N) is 1. The van der Waals surface area contributed by atoms with E-state index in [0.29, 0.717) is 19.6 Å². The molecule has 0 unspecified atom stereocenters. The van der Waals surface area contributed by atoms with Crippen molar-refractivity contribution in [1.29, 1.82) is 0 Å². The summed E-state index contributed by atoms with van der Waals surface area (Å²) in [6, 6.07) is 11.8. The lowest BCUT2D eigenvalue weighted by molar-refractivity contribution is -0.127. The van der Waals surface area contributed by atoms with Gasteiger partial charge < -0.3 is 15.6 Å². The van der Waals surface area contributed by atoms with Crippen LogP contribution in [0.2, 0.25) is 0 Å². The second-order valence-corrected chi connectivity index (χ2v) is 5.55. The summed E-state index contributed by atoms with van der Waals surface area (Å²) in [5, 5.41) is 6.89. The molecule has 0 aliphatic carbocycles. The van der Waals surface area contributed by atoms with Crippen LogP contribution in [0.4, 0.5) is 0 Å². The Labute approximate surface area is 147 Å². The fourth-order valence-electron chi connectivity index (χ4n) is 2.17. The van der Waals surface area contributed by atoms with Crippen molar-refractivity contribution < 1.29 is 19.4 Å². The van der Waals surface area contributed by atoms with Crippen molar-refractivity contribution in [2.75, 3.05) is 6.61 Å². The molecule has 1 atom stereocenters. The highest BCUT2D eigenvalue weighted by atomic mass is 16.5. The topological polar surface area (TPSA) is 103 Å². The van der Waals surface area contributed by atoms with Crippen LogP contribution in [-0.4, -0.2) is 29.0 Å². The van der Waals surface area contributed by atoms with Gasteiger partial charge in [0.05, 0.1) is 6.61 Å². The van der Waals surface area contributed by atoms with E-state index in [2.05, 4.69) is 4.98 Å². The number of rotatable bonds is 8. The molecule has 0 saturated carbocycles. The number of aromatic nitrogens is 1. The number of carbonyl (C=O) groups is 2. The molecule has 3 N–H and O–H groups in total. The third-order valence-electron chi connectivity index (χ3n) is 3.59. The average molecular weight is 344 g/mol. The van der Waals surface area contributed by atoms with Gasteiger partial charge in [-0.05, 0) is 29.2 Å². The van der Waals surface area contributed by atoms with E-state index in [-0.39, 0.29) is 24.8 Å². The molecule has 25 heavy (non-hydrogen) atoms. The first-order valence-electron chi connectivity index (χ1n) is 7.95. The monoisotopic (exact) mass is 344 g/mol. The standard InChI is InChI=1S/C18H22N2O2.CH2O2/c1-14(9-17-3-2-8-20-11-17)18(21)13-22-12-16-6-4-15(10-19)5-7-16;2-1-3/h2-8,11,14H,9-10,12-13,19H2,1H3;1H,(H,2,3)/t14-;/m1./s1. The number of Topliss-reactive ketones (excluding diaryl/α,β-unsaturated/α-hetero) is 1. The van der Waals surface area contributed by atoms with E-state index in [1.165, 1.54) is 0 Å². The summed E-state index contributed by atoms with van der Waals surface area (Å²) in [5.74, 6) is 0.0475. The molecule has 0 radical (unpaired) electrons. The summed E-state index contributed by atoms with van der Waals surface area (Å²) in [6.07, 6.45) is 4.22. The van der Waals surface area contributed by atoms with Gasteiger partial charge in [0.25, 0.3) is 6.47 Å². The van der Waals surface area contributed by atoms with E-state index in [9.17, 15) is 4.79 Å². The molecule has 1 heterocycles. The van der Waals surface area contributed by atoms with Gasteiger partial charge in [-0.2, -0.15) is 0 Å². The van der Waals surface area contributed by atoms with E-state index >= 15 is 0 Å². The van der Waals surface area contributed by atoms with Crippen LogP contribution in [0.5, 0.6) is 0 Å². The quantitative estimate of drug-likeness (QED) is 0.712. The number of hydrogen-bond donors (Lipinski definition) is 2. The number of pyridine rings is 1. The second kappa shape index (κ2) is 11.9. The Bertz CT molecular complexity index is 630. The largest absolute Gasteiger partial charge is 0.483 e. The molecule has 0 spiro atoms. The predicted octanol–water partition coefficient (Wildman–Crippen LogP) is 2.21. The minimum atomic E-state index is -0.250. The van der Waals surface area contributed by atoms with Crippen LogP contribution >= 0.6 is 0 Å². The number of ether oxygens (including phenoxy) is 1. The third kappa shape index (κ3) is 8.19. The molecule has 2 aromatic rings. The van der Waals surface area contributed by atoms with Crippen LogP contribution in [0, 0.1) is 5.92 Å². The van der Waals surface area contributed by atoms with Crippen molar-refractivity contribution in [2.45, 2.75) is 26.5 Å². The van der Waals surface area contributed by atoms with E-state index in [0.717, 1.165) is 16.7 Å². The number of benzene rings is 1. The van der Waals surface area contributed by atoms with Gasteiger partial charge in [0.1, 0.15) is 6.61 Å². The van der Waals surface area contributed by atoms with Crippen molar-refractivity contribution in [2.24, 2.45) is 11.7 Å². The summed E-state index contributed by atoms with van der Waals surface area (Å²) in [5.41, 5.74) is 8.76. The van der Waals surface area contributed by atoms with Gasteiger partial charge >= 0.3 is 0 Å². The van der Waals surface area contributed by atoms with Crippen molar-refractivity contribution >= 4 is 12.3 Å². The molecule has 1 aromatic heterocycles. The summed E-state index contributed by atoms with van der Waals surface area (Å²) >= 11 is 0. The lowest BCUT2D eigenvalue weighted by Gasteiger charge is -2.11. The maximum atomic E-state index is 12.1. The normalized spacial score (nSPS) is 11.1. The third-order valence-corrected chi connectivity index (χ3v) is 3.59. The molecule has 0 saturated heterocycles. The Morgan fingerprint density at radius 3 is 2.44 bits per heavy atom. The predicted molar refractivity (Wildman–Crippen MR) is 94.8 cm³/mol. The summed E-state index contributed by atoms with van der Waals surface area (Å²) in [4.78, 5) is 24.5. The molecular formula is C19H24N2O4. The van der Waals surface area contributed by atoms with Gasteiger partial charge in [0, 0.05) is 24.9 Å². The molecule has 0 amide bonds. The van der Waals surface area contributed by atoms with E-state index in [4.69, 9.17) is 20.4 Å². The highest BCUT2D eigenvalue weighted by Gasteiger charge is 2.13. The maximum absolute atomic E-state index is 12.1.